The molecule has 0 aromatic heterocycles. The standard InChI is InChI=1S/C11H20FN/c1-2-10(12)8-13-7-6-9-4-3-5-11(9)13/h9-11H,2-8H2,1H3. The number of halogens is 1. The quantitative estimate of drug-likeness (QED) is 0.653. The SMILES string of the molecule is CCC(F)CN1CCC2CCCC21. The second kappa shape index (κ2) is 3.95. The molecule has 76 valence electrons. The monoisotopic (exact) mass is 185 g/mol. The van der Waals surface area contributed by atoms with Crippen molar-refractivity contribution in [3.05, 3.63) is 0 Å². The highest BCUT2D eigenvalue weighted by molar-refractivity contribution is 4.92. The maximum Gasteiger partial charge on any atom is 0.112 e. The molecule has 0 spiro atoms. The third kappa shape index (κ3) is 1.88. The average Bonchev–Trinajstić information content (AvgIpc) is 2.69. The van der Waals surface area contributed by atoms with E-state index >= 15 is 0 Å². The van der Waals surface area contributed by atoms with E-state index in [0.29, 0.717) is 13.0 Å². The molecule has 0 N–H and O–H groups in total. The van der Waals surface area contributed by atoms with Gasteiger partial charge in [0.2, 0.25) is 0 Å². The summed E-state index contributed by atoms with van der Waals surface area (Å²) in [5.41, 5.74) is 0. The minimum Gasteiger partial charge on any atom is -0.297 e. The molecular weight excluding hydrogens is 165 g/mol. The van der Waals surface area contributed by atoms with Crippen molar-refractivity contribution in [2.45, 2.75) is 51.2 Å². The first-order valence-electron chi connectivity index (χ1n) is 5.69. The average molecular weight is 185 g/mol. The van der Waals surface area contributed by atoms with E-state index in [9.17, 15) is 4.39 Å². The Kier molecular flexibility index (Phi) is 2.87. The molecule has 3 unspecified atom stereocenters. The zero-order valence-electron chi connectivity index (χ0n) is 8.51. The summed E-state index contributed by atoms with van der Waals surface area (Å²) in [4.78, 5) is 2.39. The summed E-state index contributed by atoms with van der Waals surface area (Å²) in [6.07, 6.45) is 5.48. The van der Waals surface area contributed by atoms with Crippen molar-refractivity contribution in [1.82, 2.24) is 4.90 Å². The van der Waals surface area contributed by atoms with Gasteiger partial charge in [-0.3, -0.25) is 4.90 Å². The van der Waals surface area contributed by atoms with Crippen LogP contribution in [0.4, 0.5) is 4.39 Å². The second-order valence-corrected chi connectivity index (χ2v) is 4.55. The van der Waals surface area contributed by atoms with E-state index in [2.05, 4.69) is 4.90 Å². The van der Waals surface area contributed by atoms with Gasteiger partial charge in [0.15, 0.2) is 0 Å². The molecule has 2 rings (SSSR count). The minimum atomic E-state index is -0.598. The number of rotatable bonds is 3. The van der Waals surface area contributed by atoms with Gasteiger partial charge in [-0.05, 0) is 38.1 Å². The van der Waals surface area contributed by atoms with Crippen LogP contribution in [0.3, 0.4) is 0 Å². The summed E-state index contributed by atoms with van der Waals surface area (Å²) in [5, 5.41) is 0. The van der Waals surface area contributed by atoms with Crippen molar-refractivity contribution < 1.29 is 4.39 Å². The van der Waals surface area contributed by atoms with Crippen molar-refractivity contribution in [1.29, 1.82) is 0 Å². The van der Waals surface area contributed by atoms with E-state index in [0.717, 1.165) is 18.5 Å². The van der Waals surface area contributed by atoms with E-state index in [1.807, 2.05) is 6.92 Å². The highest BCUT2D eigenvalue weighted by Crippen LogP contribution is 2.37. The Morgan fingerprint density at radius 3 is 3.00 bits per heavy atom. The Balaban J connectivity index is 1.86. The third-order valence-corrected chi connectivity index (χ3v) is 3.75. The van der Waals surface area contributed by atoms with Crippen molar-refractivity contribution in [3.63, 3.8) is 0 Å². The summed E-state index contributed by atoms with van der Waals surface area (Å²) in [5.74, 6) is 0.907. The number of fused-ring (bicyclic) bond motifs is 1. The molecular formula is C11H20FN. The molecule has 0 radical (unpaired) electrons. The van der Waals surface area contributed by atoms with Crippen LogP contribution in [-0.4, -0.2) is 30.2 Å². The molecule has 0 aromatic carbocycles. The maximum absolute atomic E-state index is 13.2. The molecule has 0 aromatic rings. The first kappa shape index (κ1) is 9.45. The summed E-state index contributed by atoms with van der Waals surface area (Å²) in [6, 6.07) is 0.741. The Hall–Kier alpha value is -0.110. The van der Waals surface area contributed by atoms with Gasteiger partial charge in [0, 0.05) is 12.6 Å². The van der Waals surface area contributed by atoms with Gasteiger partial charge in [0.05, 0.1) is 0 Å². The minimum absolute atomic E-state index is 0.598. The zero-order chi connectivity index (χ0) is 9.26. The van der Waals surface area contributed by atoms with Crippen LogP contribution < -0.4 is 0 Å². The Bertz CT molecular complexity index is 171. The molecule has 2 fully saturated rings. The van der Waals surface area contributed by atoms with Crippen molar-refractivity contribution in [2.75, 3.05) is 13.1 Å². The number of hydrogen-bond acceptors (Lipinski definition) is 1. The molecule has 13 heavy (non-hydrogen) atoms. The van der Waals surface area contributed by atoms with E-state index in [1.54, 1.807) is 0 Å². The third-order valence-electron chi connectivity index (χ3n) is 3.75. The molecule has 0 bridgehead atoms. The van der Waals surface area contributed by atoms with Crippen LogP contribution in [0.1, 0.15) is 39.0 Å². The lowest BCUT2D eigenvalue weighted by Gasteiger charge is -2.24. The highest BCUT2D eigenvalue weighted by Gasteiger charge is 2.37. The molecule has 1 aliphatic carbocycles. The van der Waals surface area contributed by atoms with Crippen LogP contribution in [0.15, 0.2) is 0 Å². The molecule has 1 saturated carbocycles. The van der Waals surface area contributed by atoms with Gasteiger partial charge in [-0.2, -0.15) is 0 Å². The predicted octanol–water partition coefficient (Wildman–Crippen LogP) is 2.61. The first-order valence-corrected chi connectivity index (χ1v) is 5.69. The highest BCUT2D eigenvalue weighted by atomic mass is 19.1. The van der Waals surface area contributed by atoms with Gasteiger partial charge in [-0.1, -0.05) is 13.3 Å². The van der Waals surface area contributed by atoms with Crippen LogP contribution in [0.25, 0.3) is 0 Å². The molecule has 1 saturated heterocycles. The van der Waals surface area contributed by atoms with E-state index in [-0.39, 0.29) is 0 Å². The van der Waals surface area contributed by atoms with Gasteiger partial charge in [0.1, 0.15) is 6.17 Å². The van der Waals surface area contributed by atoms with Gasteiger partial charge in [-0.15, -0.1) is 0 Å². The predicted molar refractivity (Wildman–Crippen MR) is 52.5 cm³/mol. The lowest BCUT2D eigenvalue weighted by molar-refractivity contribution is 0.169. The normalized spacial score (nSPS) is 36.5. The van der Waals surface area contributed by atoms with Gasteiger partial charge in [-0.25, -0.2) is 4.39 Å². The molecule has 0 amide bonds. The fraction of sp³-hybridized carbons (Fsp3) is 1.00. The number of hydrogen-bond donors (Lipinski definition) is 0. The molecule has 2 aliphatic rings. The van der Waals surface area contributed by atoms with Crippen LogP contribution >= 0.6 is 0 Å². The Morgan fingerprint density at radius 1 is 1.38 bits per heavy atom. The number of likely N-dealkylation sites (tertiary alicyclic amines) is 1. The fourth-order valence-corrected chi connectivity index (χ4v) is 2.94. The largest absolute Gasteiger partial charge is 0.297 e. The van der Waals surface area contributed by atoms with Crippen LogP contribution in [0.5, 0.6) is 0 Å². The summed E-state index contributed by atoms with van der Waals surface area (Å²) >= 11 is 0. The topological polar surface area (TPSA) is 3.24 Å². The van der Waals surface area contributed by atoms with Gasteiger partial charge < -0.3 is 0 Å². The summed E-state index contributed by atoms with van der Waals surface area (Å²) < 4.78 is 13.2. The van der Waals surface area contributed by atoms with Gasteiger partial charge in [0.25, 0.3) is 0 Å². The van der Waals surface area contributed by atoms with Crippen molar-refractivity contribution >= 4 is 0 Å². The van der Waals surface area contributed by atoms with Crippen LogP contribution in [0.2, 0.25) is 0 Å². The second-order valence-electron chi connectivity index (χ2n) is 4.55. The lowest BCUT2D eigenvalue weighted by Crippen LogP contribution is -2.35. The molecule has 1 nitrogen and oxygen atoms in total. The first-order chi connectivity index (χ1) is 6.31. The summed E-state index contributed by atoms with van der Waals surface area (Å²) in [6.45, 7) is 3.78. The summed E-state index contributed by atoms with van der Waals surface area (Å²) in [7, 11) is 0. The van der Waals surface area contributed by atoms with E-state index < -0.39 is 6.17 Å². The van der Waals surface area contributed by atoms with Crippen LogP contribution in [-0.2, 0) is 0 Å². The van der Waals surface area contributed by atoms with E-state index in [4.69, 9.17) is 0 Å². The Morgan fingerprint density at radius 2 is 2.23 bits per heavy atom. The molecule has 2 heteroatoms. The van der Waals surface area contributed by atoms with Crippen LogP contribution in [0, 0.1) is 5.92 Å². The van der Waals surface area contributed by atoms with Gasteiger partial charge >= 0.3 is 0 Å². The zero-order valence-corrected chi connectivity index (χ0v) is 8.51. The lowest BCUT2D eigenvalue weighted by atomic mass is 10.0. The fourth-order valence-electron chi connectivity index (χ4n) is 2.94. The van der Waals surface area contributed by atoms with Crippen molar-refractivity contribution in [2.24, 2.45) is 5.92 Å². The smallest absolute Gasteiger partial charge is 0.112 e. The number of nitrogens with zero attached hydrogens (tertiary/aromatic N) is 1. The van der Waals surface area contributed by atoms with Crippen molar-refractivity contribution in [3.8, 4) is 0 Å². The maximum atomic E-state index is 13.2. The Labute approximate surface area is 80.3 Å². The molecule has 3 atom stereocenters. The van der Waals surface area contributed by atoms with E-state index in [1.165, 1.54) is 25.7 Å². The molecule has 1 aliphatic heterocycles. The number of alkyl halides is 1. The molecule has 1 heterocycles.